The van der Waals surface area contributed by atoms with E-state index in [9.17, 15) is 4.79 Å². The van der Waals surface area contributed by atoms with E-state index in [0.29, 0.717) is 28.7 Å². The number of carbonyl (C=O) groups is 1. The fraction of sp³-hybridized carbons (Fsp3) is 0.350. The summed E-state index contributed by atoms with van der Waals surface area (Å²) in [6.45, 7) is 0. The van der Waals surface area contributed by atoms with E-state index in [0.717, 1.165) is 18.4 Å². The zero-order valence-corrected chi connectivity index (χ0v) is 14.7. The van der Waals surface area contributed by atoms with Gasteiger partial charge in [0.25, 0.3) is 5.91 Å². The molecule has 2 aromatic carbocycles. The van der Waals surface area contributed by atoms with Crippen LogP contribution in [0.15, 0.2) is 42.5 Å². The highest BCUT2D eigenvalue weighted by Crippen LogP contribution is 2.42. The number of benzene rings is 2. The molecule has 5 nitrogen and oxygen atoms in total. The van der Waals surface area contributed by atoms with Gasteiger partial charge in [-0.05, 0) is 36.5 Å². The smallest absolute Gasteiger partial charge is 0.252 e. The average molecular weight is 341 g/mol. The number of methoxy groups -OCH3 is 3. The Hall–Kier alpha value is -2.69. The van der Waals surface area contributed by atoms with Crippen molar-refractivity contribution in [3.8, 4) is 17.2 Å². The van der Waals surface area contributed by atoms with Crippen molar-refractivity contribution in [2.75, 3.05) is 21.3 Å². The second kappa shape index (κ2) is 7.47. The Morgan fingerprint density at radius 3 is 2.08 bits per heavy atom. The monoisotopic (exact) mass is 341 g/mol. The molecule has 0 radical (unpaired) electrons. The van der Waals surface area contributed by atoms with Crippen LogP contribution in [0, 0.1) is 5.92 Å². The molecule has 1 N–H and O–H groups in total. The number of ether oxygens (including phenoxy) is 3. The molecule has 5 heteroatoms. The molecule has 1 atom stereocenters. The Balaban J connectivity index is 1.87. The summed E-state index contributed by atoms with van der Waals surface area (Å²) in [7, 11) is 4.62. The molecule has 3 rings (SSSR count). The van der Waals surface area contributed by atoms with Crippen molar-refractivity contribution in [1.29, 1.82) is 0 Å². The predicted octanol–water partition coefficient (Wildman–Crippen LogP) is 3.59. The number of carbonyl (C=O) groups excluding carboxylic acids is 1. The van der Waals surface area contributed by atoms with Gasteiger partial charge in [0.2, 0.25) is 5.75 Å². The summed E-state index contributed by atoms with van der Waals surface area (Å²) in [5.74, 6) is 1.75. The molecule has 1 fully saturated rings. The van der Waals surface area contributed by atoms with E-state index in [-0.39, 0.29) is 11.9 Å². The van der Waals surface area contributed by atoms with Crippen LogP contribution >= 0.6 is 0 Å². The zero-order chi connectivity index (χ0) is 17.8. The molecule has 1 aliphatic rings. The number of hydrogen-bond donors (Lipinski definition) is 1. The molecular formula is C20H23NO4. The lowest BCUT2D eigenvalue weighted by Crippen LogP contribution is -2.30. The molecule has 1 saturated carbocycles. The molecule has 132 valence electrons. The summed E-state index contributed by atoms with van der Waals surface area (Å²) < 4.78 is 16.0. The molecule has 1 aliphatic carbocycles. The summed E-state index contributed by atoms with van der Waals surface area (Å²) in [6, 6.07) is 13.4. The number of hydrogen-bond acceptors (Lipinski definition) is 4. The first-order valence-electron chi connectivity index (χ1n) is 8.33. The highest BCUT2D eigenvalue weighted by molar-refractivity contribution is 5.96. The van der Waals surface area contributed by atoms with Crippen LogP contribution in [0.3, 0.4) is 0 Å². The lowest BCUT2D eigenvalue weighted by molar-refractivity contribution is 0.0931. The normalized spacial score (nSPS) is 14.5. The standard InChI is InChI=1S/C20H23NO4/c1-23-16-11-15(12-17(24-2)19(16)25-3)20(22)21-18(14-9-10-14)13-7-5-4-6-8-13/h4-8,11-12,14,18H,9-10H2,1-3H3,(H,21,22)/t18-/m0/s1. The fourth-order valence-electron chi connectivity index (χ4n) is 3.00. The summed E-state index contributed by atoms with van der Waals surface area (Å²) in [6.07, 6.45) is 2.27. The van der Waals surface area contributed by atoms with Gasteiger partial charge in [-0.1, -0.05) is 30.3 Å². The molecule has 0 bridgehead atoms. The van der Waals surface area contributed by atoms with E-state index in [4.69, 9.17) is 14.2 Å². The highest BCUT2D eigenvalue weighted by Gasteiger charge is 2.33. The largest absolute Gasteiger partial charge is 0.493 e. The second-order valence-electron chi connectivity index (χ2n) is 6.11. The van der Waals surface area contributed by atoms with Gasteiger partial charge in [0.05, 0.1) is 27.4 Å². The Labute approximate surface area is 147 Å². The molecule has 0 spiro atoms. The number of amides is 1. The van der Waals surface area contributed by atoms with Gasteiger partial charge >= 0.3 is 0 Å². The maximum absolute atomic E-state index is 12.8. The van der Waals surface area contributed by atoms with Gasteiger partial charge in [0, 0.05) is 5.56 Å². The quantitative estimate of drug-likeness (QED) is 0.836. The van der Waals surface area contributed by atoms with E-state index >= 15 is 0 Å². The van der Waals surface area contributed by atoms with Crippen molar-refractivity contribution < 1.29 is 19.0 Å². The molecule has 2 aromatic rings. The van der Waals surface area contributed by atoms with Crippen LogP contribution in [-0.4, -0.2) is 27.2 Å². The van der Waals surface area contributed by atoms with Crippen LogP contribution in [0.5, 0.6) is 17.2 Å². The van der Waals surface area contributed by atoms with Crippen LogP contribution in [-0.2, 0) is 0 Å². The average Bonchev–Trinajstić information content (AvgIpc) is 3.50. The van der Waals surface area contributed by atoms with Gasteiger partial charge < -0.3 is 19.5 Å². The topological polar surface area (TPSA) is 56.8 Å². The Morgan fingerprint density at radius 1 is 1.00 bits per heavy atom. The van der Waals surface area contributed by atoms with Crippen LogP contribution < -0.4 is 19.5 Å². The zero-order valence-electron chi connectivity index (χ0n) is 14.7. The van der Waals surface area contributed by atoms with Crippen molar-refractivity contribution in [2.24, 2.45) is 5.92 Å². The van der Waals surface area contributed by atoms with E-state index < -0.39 is 0 Å². The van der Waals surface area contributed by atoms with Crippen molar-refractivity contribution >= 4 is 5.91 Å². The van der Waals surface area contributed by atoms with E-state index in [1.165, 1.54) is 14.2 Å². The van der Waals surface area contributed by atoms with Gasteiger partial charge in [0.15, 0.2) is 11.5 Å². The lowest BCUT2D eigenvalue weighted by Gasteiger charge is -2.20. The third-order valence-electron chi connectivity index (χ3n) is 4.47. The van der Waals surface area contributed by atoms with Gasteiger partial charge in [0.1, 0.15) is 0 Å². The molecule has 0 aliphatic heterocycles. The van der Waals surface area contributed by atoms with Crippen molar-refractivity contribution in [3.05, 3.63) is 53.6 Å². The minimum absolute atomic E-state index is 0.0211. The summed E-state index contributed by atoms with van der Waals surface area (Å²) >= 11 is 0. The third kappa shape index (κ3) is 3.71. The first-order valence-corrected chi connectivity index (χ1v) is 8.33. The van der Waals surface area contributed by atoms with Gasteiger partial charge in [-0.15, -0.1) is 0 Å². The number of nitrogens with one attached hydrogen (secondary N) is 1. The lowest BCUT2D eigenvalue weighted by atomic mass is 10.0. The van der Waals surface area contributed by atoms with E-state index in [1.807, 2.05) is 18.2 Å². The minimum Gasteiger partial charge on any atom is -0.493 e. The van der Waals surface area contributed by atoms with Gasteiger partial charge in [-0.2, -0.15) is 0 Å². The summed E-state index contributed by atoms with van der Waals surface area (Å²) in [4.78, 5) is 12.8. The molecular weight excluding hydrogens is 318 g/mol. The Bertz CT molecular complexity index is 716. The fourth-order valence-corrected chi connectivity index (χ4v) is 3.00. The van der Waals surface area contributed by atoms with Crippen LogP contribution in [0.1, 0.15) is 34.8 Å². The van der Waals surface area contributed by atoms with Crippen LogP contribution in [0.4, 0.5) is 0 Å². The first kappa shape index (κ1) is 17.1. The first-order chi connectivity index (χ1) is 12.2. The second-order valence-corrected chi connectivity index (χ2v) is 6.11. The van der Waals surface area contributed by atoms with Crippen molar-refractivity contribution in [1.82, 2.24) is 5.32 Å². The summed E-state index contributed by atoms with van der Waals surface area (Å²) in [5.41, 5.74) is 1.61. The molecule has 25 heavy (non-hydrogen) atoms. The van der Waals surface area contributed by atoms with E-state index in [1.54, 1.807) is 19.2 Å². The molecule has 0 aromatic heterocycles. The Kier molecular flexibility index (Phi) is 5.12. The summed E-state index contributed by atoms with van der Waals surface area (Å²) in [5, 5.41) is 3.16. The molecule has 0 heterocycles. The van der Waals surface area contributed by atoms with Crippen molar-refractivity contribution in [2.45, 2.75) is 18.9 Å². The SMILES string of the molecule is COc1cc(C(=O)N[C@@H](c2ccccc2)C2CC2)cc(OC)c1OC. The predicted molar refractivity (Wildman–Crippen MR) is 95.5 cm³/mol. The maximum atomic E-state index is 12.8. The third-order valence-corrected chi connectivity index (χ3v) is 4.47. The van der Waals surface area contributed by atoms with Gasteiger partial charge in [-0.25, -0.2) is 0 Å². The molecule has 0 saturated heterocycles. The van der Waals surface area contributed by atoms with Crippen LogP contribution in [0.25, 0.3) is 0 Å². The van der Waals surface area contributed by atoms with Crippen molar-refractivity contribution in [3.63, 3.8) is 0 Å². The number of rotatable bonds is 7. The minimum atomic E-state index is -0.153. The molecule has 1 amide bonds. The highest BCUT2D eigenvalue weighted by atomic mass is 16.5. The Morgan fingerprint density at radius 2 is 1.60 bits per heavy atom. The van der Waals surface area contributed by atoms with E-state index in [2.05, 4.69) is 17.4 Å². The molecule has 0 unspecified atom stereocenters. The van der Waals surface area contributed by atoms with Gasteiger partial charge in [-0.3, -0.25) is 4.79 Å². The van der Waals surface area contributed by atoms with Crippen LogP contribution in [0.2, 0.25) is 0 Å². The maximum Gasteiger partial charge on any atom is 0.252 e.